The molecule has 0 atom stereocenters. The van der Waals surface area contributed by atoms with Crippen molar-refractivity contribution in [1.29, 1.82) is 0 Å². The van der Waals surface area contributed by atoms with Crippen molar-refractivity contribution in [2.75, 3.05) is 14.2 Å². The number of rotatable bonds is 4. The first-order valence-electron chi connectivity index (χ1n) is 4.31. The summed E-state index contributed by atoms with van der Waals surface area (Å²) in [5.41, 5.74) is 0.130. The van der Waals surface area contributed by atoms with Gasteiger partial charge in [0.25, 0.3) is 0 Å². The Morgan fingerprint density at radius 3 is 2.24 bits per heavy atom. The van der Waals surface area contributed by atoms with Gasteiger partial charge in [-0.25, -0.2) is 12.8 Å². The summed E-state index contributed by atoms with van der Waals surface area (Å²) in [4.78, 5) is 0. The third kappa shape index (κ3) is 3.37. The van der Waals surface area contributed by atoms with Gasteiger partial charge in [-0.1, -0.05) is 11.6 Å². The molecule has 0 spiro atoms. The second kappa shape index (κ2) is 5.29. The van der Waals surface area contributed by atoms with Crippen LogP contribution in [0.5, 0.6) is 11.5 Å². The molecule has 0 heterocycles. The fraction of sp³-hybridized carbons (Fsp3) is 0.333. The van der Waals surface area contributed by atoms with Crippen molar-refractivity contribution in [2.45, 2.75) is 5.75 Å². The highest BCUT2D eigenvalue weighted by molar-refractivity contribution is 8.13. The number of ether oxygens (including phenoxy) is 2. The number of methoxy groups -OCH3 is 2. The summed E-state index contributed by atoms with van der Waals surface area (Å²) < 4.78 is 45.2. The molecule has 96 valence electrons. The molecule has 0 fully saturated rings. The highest BCUT2D eigenvalue weighted by atomic mass is 35.7. The highest BCUT2D eigenvalue weighted by Gasteiger charge is 2.22. The minimum Gasteiger partial charge on any atom is -0.492 e. The predicted molar refractivity (Wildman–Crippen MR) is 63.0 cm³/mol. The zero-order valence-corrected chi connectivity index (χ0v) is 11.3. The van der Waals surface area contributed by atoms with Crippen molar-refractivity contribution >= 4 is 31.3 Å². The summed E-state index contributed by atoms with van der Waals surface area (Å²) in [5.74, 6) is -1.65. The number of hydrogen-bond donors (Lipinski definition) is 0. The van der Waals surface area contributed by atoms with Gasteiger partial charge in [0.05, 0.1) is 25.0 Å². The third-order valence-corrected chi connectivity index (χ3v) is 3.20. The lowest BCUT2D eigenvalue weighted by Gasteiger charge is -2.13. The van der Waals surface area contributed by atoms with Crippen molar-refractivity contribution in [1.82, 2.24) is 0 Å². The van der Waals surface area contributed by atoms with Crippen LogP contribution in [0.4, 0.5) is 4.39 Å². The zero-order chi connectivity index (χ0) is 13.2. The lowest BCUT2D eigenvalue weighted by atomic mass is 10.2. The maximum absolute atomic E-state index is 13.5. The summed E-state index contributed by atoms with van der Waals surface area (Å²) in [6.45, 7) is 0. The van der Waals surface area contributed by atoms with Gasteiger partial charge >= 0.3 is 0 Å². The van der Waals surface area contributed by atoms with E-state index in [1.54, 1.807) is 0 Å². The van der Waals surface area contributed by atoms with Gasteiger partial charge in [0.15, 0.2) is 17.3 Å². The second-order valence-corrected chi connectivity index (χ2v) is 6.27. The molecule has 0 saturated carbocycles. The molecule has 0 unspecified atom stereocenters. The molecule has 0 aromatic heterocycles. The first-order chi connectivity index (χ1) is 7.80. The fourth-order valence-corrected chi connectivity index (χ4v) is 2.49. The first-order valence-corrected chi connectivity index (χ1v) is 7.17. The van der Waals surface area contributed by atoms with Gasteiger partial charge in [-0.2, -0.15) is 0 Å². The maximum Gasteiger partial charge on any atom is 0.236 e. The quantitative estimate of drug-likeness (QED) is 0.802. The van der Waals surface area contributed by atoms with Gasteiger partial charge in [0, 0.05) is 16.2 Å². The van der Waals surface area contributed by atoms with Crippen LogP contribution in [0, 0.1) is 5.82 Å². The number of halogens is 3. The molecule has 1 rings (SSSR count). The molecule has 0 aliphatic carbocycles. The van der Waals surface area contributed by atoms with E-state index < -0.39 is 20.6 Å². The Balaban J connectivity index is 3.45. The predicted octanol–water partition coefficient (Wildman–Crippen LogP) is 2.56. The molecule has 17 heavy (non-hydrogen) atoms. The largest absolute Gasteiger partial charge is 0.492 e. The highest BCUT2D eigenvalue weighted by Crippen LogP contribution is 2.39. The fourth-order valence-electron chi connectivity index (χ4n) is 1.33. The van der Waals surface area contributed by atoms with E-state index in [1.165, 1.54) is 14.2 Å². The monoisotopic (exact) mass is 302 g/mol. The Labute approximate surface area is 108 Å². The second-order valence-electron chi connectivity index (χ2n) is 3.08. The smallest absolute Gasteiger partial charge is 0.236 e. The third-order valence-electron chi connectivity index (χ3n) is 1.94. The Kier molecular flexibility index (Phi) is 4.46. The molecule has 0 bridgehead atoms. The van der Waals surface area contributed by atoms with Gasteiger partial charge < -0.3 is 9.47 Å². The molecular weight excluding hydrogens is 294 g/mol. The van der Waals surface area contributed by atoms with Crippen molar-refractivity contribution in [3.8, 4) is 11.5 Å². The van der Waals surface area contributed by atoms with Crippen LogP contribution in [0.15, 0.2) is 6.07 Å². The van der Waals surface area contributed by atoms with E-state index in [9.17, 15) is 12.8 Å². The Hall–Kier alpha value is -0.720. The number of benzene rings is 1. The van der Waals surface area contributed by atoms with Crippen LogP contribution < -0.4 is 9.47 Å². The van der Waals surface area contributed by atoms with Crippen LogP contribution in [0.2, 0.25) is 5.02 Å². The molecular formula is C9H9Cl2FO4S. The molecule has 0 N–H and O–H groups in total. The summed E-state index contributed by atoms with van der Waals surface area (Å²) in [6.07, 6.45) is 0. The first kappa shape index (κ1) is 14.3. The Morgan fingerprint density at radius 2 is 1.82 bits per heavy atom. The summed E-state index contributed by atoms with van der Waals surface area (Å²) in [5, 5.41) is -0.266. The van der Waals surface area contributed by atoms with Gasteiger partial charge in [0.2, 0.25) is 9.05 Å². The topological polar surface area (TPSA) is 52.6 Å². The summed E-state index contributed by atoms with van der Waals surface area (Å²) in [7, 11) is 3.79. The lowest BCUT2D eigenvalue weighted by molar-refractivity contribution is 0.335. The summed E-state index contributed by atoms with van der Waals surface area (Å²) in [6, 6.07) is 1.14. The molecule has 4 nitrogen and oxygen atoms in total. The van der Waals surface area contributed by atoms with Crippen molar-refractivity contribution in [2.24, 2.45) is 0 Å². The van der Waals surface area contributed by atoms with Crippen molar-refractivity contribution in [3.63, 3.8) is 0 Å². The average molecular weight is 303 g/mol. The van der Waals surface area contributed by atoms with Crippen LogP contribution in [-0.2, 0) is 14.8 Å². The van der Waals surface area contributed by atoms with Crippen LogP contribution in [-0.4, -0.2) is 22.6 Å². The van der Waals surface area contributed by atoms with Gasteiger partial charge in [0.1, 0.15) is 0 Å². The van der Waals surface area contributed by atoms with E-state index in [0.29, 0.717) is 0 Å². The molecule has 0 aliphatic heterocycles. The minimum absolute atomic E-state index is 0.0429. The van der Waals surface area contributed by atoms with E-state index in [2.05, 4.69) is 0 Å². The zero-order valence-electron chi connectivity index (χ0n) is 8.96. The van der Waals surface area contributed by atoms with Crippen molar-refractivity contribution in [3.05, 3.63) is 22.5 Å². The molecule has 0 aliphatic rings. The van der Waals surface area contributed by atoms with Crippen molar-refractivity contribution < 1.29 is 22.3 Å². The van der Waals surface area contributed by atoms with Crippen LogP contribution >= 0.6 is 22.3 Å². The summed E-state index contributed by atoms with van der Waals surface area (Å²) >= 11 is 5.61. The molecule has 0 saturated heterocycles. The van der Waals surface area contributed by atoms with E-state index in [1.807, 2.05) is 0 Å². The lowest BCUT2D eigenvalue weighted by Crippen LogP contribution is -2.03. The normalized spacial score (nSPS) is 11.4. The van der Waals surface area contributed by atoms with Gasteiger partial charge in [-0.05, 0) is 6.07 Å². The van der Waals surface area contributed by atoms with Gasteiger partial charge in [-0.15, -0.1) is 0 Å². The van der Waals surface area contributed by atoms with E-state index in [-0.39, 0.29) is 22.1 Å². The molecule has 1 aromatic carbocycles. The Morgan fingerprint density at radius 1 is 1.29 bits per heavy atom. The minimum atomic E-state index is -3.81. The van der Waals surface area contributed by atoms with E-state index in [0.717, 1.165) is 6.07 Å². The number of hydrogen-bond acceptors (Lipinski definition) is 4. The van der Waals surface area contributed by atoms with E-state index >= 15 is 0 Å². The van der Waals surface area contributed by atoms with Crippen LogP contribution in [0.1, 0.15) is 5.56 Å². The SMILES string of the molecule is COc1c(CS(=O)(=O)Cl)cc(Cl)c(F)c1OC. The molecule has 0 amide bonds. The van der Waals surface area contributed by atoms with Gasteiger partial charge in [-0.3, -0.25) is 0 Å². The molecule has 8 heteroatoms. The van der Waals surface area contributed by atoms with Crippen LogP contribution in [0.3, 0.4) is 0 Å². The average Bonchev–Trinajstić information content (AvgIpc) is 2.20. The standard InChI is InChI=1S/C9H9Cl2FO4S/c1-15-8-5(4-17(11,13)14)3-6(10)7(12)9(8)16-2/h3H,4H2,1-2H3. The molecule has 0 radical (unpaired) electrons. The molecule has 1 aromatic rings. The maximum atomic E-state index is 13.5. The van der Waals surface area contributed by atoms with E-state index in [4.69, 9.17) is 31.8 Å². The van der Waals surface area contributed by atoms with Crippen LogP contribution in [0.25, 0.3) is 0 Å². The Bertz CT molecular complexity index is 530.